The Morgan fingerprint density at radius 2 is 1.73 bits per heavy atom. The van der Waals surface area contributed by atoms with Crippen LogP contribution in [0.15, 0.2) is 92.0 Å². The minimum Gasteiger partial charge on any atom is -0.342 e. The SMILES string of the molecule is C=C(NC(=C)c1cnccc1C)Nc1cccc(Cc2ccccc2)c1. The molecule has 0 saturated carbocycles. The molecule has 3 aromatic rings. The Morgan fingerprint density at radius 3 is 2.50 bits per heavy atom. The van der Waals surface area contributed by atoms with E-state index in [1.54, 1.807) is 12.4 Å². The van der Waals surface area contributed by atoms with Crippen LogP contribution in [0.25, 0.3) is 5.70 Å². The number of nitrogens with one attached hydrogen (secondary N) is 2. The molecular formula is C23H23N3. The maximum Gasteiger partial charge on any atom is 0.100 e. The molecule has 0 bridgehead atoms. The zero-order valence-corrected chi connectivity index (χ0v) is 15.0. The molecule has 0 saturated heterocycles. The van der Waals surface area contributed by atoms with Gasteiger partial charge >= 0.3 is 0 Å². The highest BCUT2D eigenvalue weighted by molar-refractivity contribution is 5.66. The van der Waals surface area contributed by atoms with Gasteiger partial charge in [-0.05, 0) is 48.2 Å². The molecule has 130 valence electrons. The van der Waals surface area contributed by atoms with E-state index in [1.807, 2.05) is 31.2 Å². The highest BCUT2D eigenvalue weighted by atomic mass is 15.1. The van der Waals surface area contributed by atoms with E-state index in [9.17, 15) is 0 Å². The van der Waals surface area contributed by atoms with Crippen molar-refractivity contribution < 1.29 is 0 Å². The lowest BCUT2D eigenvalue weighted by Crippen LogP contribution is -2.17. The van der Waals surface area contributed by atoms with Gasteiger partial charge < -0.3 is 10.6 Å². The third-order valence-corrected chi connectivity index (χ3v) is 4.14. The van der Waals surface area contributed by atoms with Crippen LogP contribution in [0.3, 0.4) is 0 Å². The number of hydrogen-bond acceptors (Lipinski definition) is 3. The van der Waals surface area contributed by atoms with E-state index in [-0.39, 0.29) is 0 Å². The van der Waals surface area contributed by atoms with E-state index in [1.165, 1.54) is 11.1 Å². The largest absolute Gasteiger partial charge is 0.342 e. The maximum atomic E-state index is 4.16. The van der Waals surface area contributed by atoms with Crippen LogP contribution < -0.4 is 10.6 Å². The molecule has 1 heterocycles. The lowest BCUT2D eigenvalue weighted by atomic mass is 10.0. The maximum absolute atomic E-state index is 4.16. The van der Waals surface area contributed by atoms with Gasteiger partial charge in [0.25, 0.3) is 0 Å². The van der Waals surface area contributed by atoms with Crippen molar-refractivity contribution >= 4 is 11.4 Å². The Morgan fingerprint density at radius 1 is 0.962 bits per heavy atom. The molecule has 0 amide bonds. The molecule has 2 N–H and O–H groups in total. The van der Waals surface area contributed by atoms with Crippen molar-refractivity contribution in [2.24, 2.45) is 0 Å². The first kappa shape index (κ1) is 17.5. The fourth-order valence-corrected chi connectivity index (χ4v) is 2.83. The standard InChI is InChI=1S/C23H23N3/c1-17-12-13-24-16-23(17)18(2)25-19(3)26-22-11-7-10-21(15-22)14-20-8-5-4-6-9-20/h4-13,15-16,25-26H,2-3,14H2,1H3. The van der Waals surface area contributed by atoms with E-state index < -0.39 is 0 Å². The Balaban J connectivity index is 1.63. The molecule has 0 aliphatic rings. The van der Waals surface area contributed by atoms with Crippen LogP contribution in [0, 0.1) is 6.92 Å². The molecule has 3 nitrogen and oxygen atoms in total. The Bertz CT molecular complexity index is 914. The molecule has 2 aromatic carbocycles. The van der Waals surface area contributed by atoms with Crippen molar-refractivity contribution in [2.45, 2.75) is 13.3 Å². The van der Waals surface area contributed by atoms with Gasteiger partial charge in [-0.15, -0.1) is 0 Å². The molecule has 0 spiro atoms. The highest BCUT2D eigenvalue weighted by Gasteiger charge is 2.05. The summed E-state index contributed by atoms with van der Waals surface area (Å²) < 4.78 is 0. The van der Waals surface area contributed by atoms with Crippen molar-refractivity contribution in [3.63, 3.8) is 0 Å². The summed E-state index contributed by atoms with van der Waals surface area (Å²) in [6.45, 7) is 10.2. The van der Waals surface area contributed by atoms with Crippen molar-refractivity contribution in [2.75, 3.05) is 5.32 Å². The molecule has 3 rings (SSSR count). The number of anilines is 1. The third-order valence-electron chi connectivity index (χ3n) is 4.14. The van der Waals surface area contributed by atoms with E-state index in [0.717, 1.165) is 28.9 Å². The Kier molecular flexibility index (Phi) is 5.49. The number of hydrogen-bond donors (Lipinski definition) is 2. The van der Waals surface area contributed by atoms with Gasteiger partial charge in [-0.1, -0.05) is 55.6 Å². The average Bonchev–Trinajstić information content (AvgIpc) is 2.63. The van der Waals surface area contributed by atoms with Gasteiger partial charge in [-0.25, -0.2) is 0 Å². The van der Waals surface area contributed by atoms with Crippen LogP contribution >= 0.6 is 0 Å². The van der Waals surface area contributed by atoms with E-state index in [4.69, 9.17) is 0 Å². The minimum absolute atomic E-state index is 0.676. The van der Waals surface area contributed by atoms with Gasteiger partial charge in [-0.3, -0.25) is 4.98 Å². The molecule has 0 aliphatic heterocycles. The second-order valence-electron chi connectivity index (χ2n) is 6.26. The molecule has 0 aliphatic carbocycles. The van der Waals surface area contributed by atoms with Crippen molar-refractivity contribution in [1.29, 1.82) is 0 Å². The summed E-state index contributed by atoms with van der Waals surface area (Å²) >= 11 is 0. The number of nitrogens with zero attached hydrogens (tertiary/aromatic N) is 1. The lowest BCUT2D eigenvalue weighted by molar-refractivity contribution is 1.08. The molecule has 0 radical (unpaired) electrons. The summed E-state index contributed by atoms with van der Waals surface area (Å²) in [5.74, 6) is 0.676. The Labute approximate surface area is 155 Å². The summed E-state index contributed by atoms with van der Waals surface area (Å²) in [5, 5.41) is 6.52. The number of aromatic nitrogens is 1. The average molecular weight is 341 g/mol. The van der Waals surface area contributed by atoms with Crippen LogP contribution in [-0.4, -0.2) is 4.98 Å². The number of rotatable bonds is 7. The van der Waals surface area contributed by atoms with Gasteiger partial charge in [0, 0.05) is 29.3 Å². The van der Waals surface area contributed by atoms with Gasteiger partial charge in [0.1, 0.15) is 5.82 Å². The molecule has 0 fully saturated rings. The monoisotopic (exact) mass is 341 g/mol. The topological polar surface area (TPSA) is 37.0 Å². The van der Waals surface area contributed by atoms with Crippen molar-refractivity contribution in [3.05, 3.63) is 114 Å². The van der Waals surface area contributed by atoms with Crippen LogP contribution in [0.2, 0.25) is 0 Å². The van der Waals surface area contributed by atoms with Crippen molar-refractivity contribution in [1.82, 2.24) is 10.3 Å². The normalized spacial score (nSPS) is 10.2. The highest BCUT2D eigenvalue weighted by Crippen LogP contribution is 2.18. The predicted octanol–water partition coefficient (Wildman–Crippen LogP) is 5.12. The van der Waals surface area contributed by atoms with Crippen LogP contribution in [-0.2, 0) is 6.42 Å². The predicted molar refractivity (Wildman–Crippen MR) is 110 cm³/mol. The molecule has 0 unspecified atom stereocenters. The fraction of sp³-hybridized carbons (Fsp3) is 0.0870. The summed E-state index contributed by atoms with van der Waals surface area (Å²) in [6.07, 6.45) is 4.48. The van der Waals surface area contributed by atoms with Crippen LogP contribution in [0.1, 0.15) is 22.3 Å². The summed E-state index contributed by atoms with van der Waals surface area (Å²) in [6, 6.07) is 20.8. The molecule has 26 heavy (non-hydrogen) atoms. The van der Waals surface area contributed by atoms with E-state index >= 15 is 0 Å². The first-order valence-corrected chi connectivity index (χ1v) is 8.57. The zero-order chi connectivity index (χ0) is 18.4. The second kappa shape index (κ2) is 8.17. The first-order chi connectivity index (χ1) is 12.6. The van der Waals surface area contributed by atoms with Gasteiger partial charge in [0.05, 0.1) is 0 Å². The molecule has 0 atom stereocenters. The second-order valence-corrected chi connectivity index (χ2v) is 6.26. The van der Waals surface area contributed by atoms with Gasteiger partial charge in [0.15, 0.2) is 0 Å². The zero-order valence-electron chi connectivity index (χ0n) is 15.0. The lowest BCUT2D eigenvalue weighted by Gasteiger charge is -2.16. The number of benzene rings is 2. The van der Waals surface area contributed by atoms with Crippen LogP contribution in [0.5, 0.6) is 0 Å². The van der Waals surface area contributed by atoms with Crippen LogP contribution in [0.4, 0.5) is 5.69 Å². The van der Waals surface area contributed by atoms with E-state index in [0.29, 0.717) is 5.82 Å². The smallest absolute Gasteiger partial charge is 0.100 e. The third kappa shape index (κ3) is 4.61. The Hall–Kier alpha value is -3.33. The summed E-state index contributed by atoms with van der Waals surface area (Å²) in [7, 11) is 0. The number of aryl methyl sites for hydroxylation is 1. The molecule has 1 aromatic heterocycles. The molecular weight excluding hydrogens is 318 g/mol. The number of pyridine rings is 1. The first-order valence-electron chi connectivity index (χ1n) is 8.57. The summed E-state index contributed by atoms with van der Waals surface area (Å²) in [5.41, 5.74) is 6.40. The quantitative estimate of drug-likeness (QED) is 0.626. The van der Waals surface area contributed by atoms with Gasteiger partial charge in [0.2, 0.25) is 0 Å². The fourth-order valence-electron chi connectivity index (χ4n) is 2.83. The van der Waals surface area contributed by atoms with Gasteiger partial charge in [-0.2, -0.15) is 0 Å². The van der Waals surface area contributed by atoms with E-state index in [2.05, 4.69) is 65.2 Å². The minimum atomic E-state index is 0.676. The molecule has 3 heteroatoms. The van der Waals surface area contributed by atoms with Crippen molar-refractivity contribution in [3.8, 4) is 0 Å². The summed E-state index contributed by atoms with van der Waals surface area (Å²) in [4.78, 5) is 4.16.